The van der Waals surface area contributed by atoms with E-state index < -0.39 is 4.92 Å². The molecule has 8 heteroatoms. The van der Waals surface area contributed by atoms with Crippen molar-refractivity contribution in [2.24, 2.45) is 0 Å². The van der Waals surface area contributed by atoms with E-state index in [0.29, 0.717) is 17.7 Å². The first kappa shape index (κ1) is 17.3. The highest BCUT2D eigenvalue weighted by atomic mass is 16.6. The standard InChI is InChI=1S/C17H23N5O3/c1-17(2,21-6-4-3-5-7-21)10-18-14-9-13-12(8-15(14)22(24)25)16(23)20-11-19-13/h8-9,11,18H,3-7,10H2,1-2H3,(H,19,20,23). The molecule has 2 N–H and O–H groups in total. The summed E-state index contributed by atoms with van der Waals surface area (Å²) in [6, 6.07) is 2.87. The number of rotatable bonds is 5. The second-order valence-corrected chi connectivity index (χ2v) is 7.09. The molecule has 3 rings (SSSR count). The topological polar surface area (TPSA) is 104 Å². The Hall–Kier alpha value is -2.48. The van der Waals surface area contributed by atoms with Gasteiger partial charge in [0.1, 0.15) is 5.69 Å². The van der Waals surface area contributed by atoms with Gasteiger partial charge in [0.25, 0.3) is 11.2 Å². The molecule has 0 saturated carbocycles. The molecule has 134 valence electrons. The lowest BCUT2D eigenvalue weighted by molar-refractivity contribution is -0.383. The Morgan fingerprint density at radius 3 is 2.72 bits per heavy atom. The van der Waals surface area contributed by atoms with E-state index in [9.17, 15) is 14.9 Å². The van der Waals surface area contributed by atoms with Crippen LogP contribution in [0.4, 0.5) is 11.4 Å². The van der Waals surface area contributed by atoms with Crippen molar-refractivity contribution >= 4 is 22.3 Å². The molecule has 25 heavy (non-hydrogen) atoms. The molecular formula is C17H23N5O3. The third kappa shape index (κ3) is 3.63. The Morgan fingerprint density at radius 2 is 2.04 bits per heavy atom. The normalized spacial score (nSPS) is 16.1. The number of hydrogen-bond acceptors (Lipinski definition) is 6. The first-order valence-electron chi connectivity index (χ1n) is 8.53. The van der Waals surface area contributed by atoms with Gasteiger partial charge >= 0.3 is 0 Å². The van der Waals surface area contributed by atoms with Crippen LogP contribution in [0.2, 0.25) is 0 Å². The van der Waals surface area contributed by atoms with Gasteiger partial charge in [0.05, 0.1) is 22.2 Å². The van der Waals surface area contributed by atoms with Gasteiger partial charge < -0.3 is 10.3 Å². The number of H-pyrrole nitrogens is 1. The number of nitrogens with one attached hydrogen (secondary N) is 2. The number of aromatic amines is 1. The van der Waals surface area contributed by atoms with Crippen LogP contribution in [0.3, 0.4) is 0 Å². The molecule has 0 radical (unpaired) electrons. The molecule has 0 unspecified atom stereocenters. The zero-order valence-electron chi connectivity index (χ0n) is 14.5. The smallest absolute Gasteiger partial charge is 0.293 e. The second-order valence-electron chi connectivity index (χ2n) is 7.09. The Balaban J connectivity index is 1.88. The third-order valence-electron chi connectivity index (χ3n) is 4.88. The minimum absolute atomic E-state index is 0.111. The van der Waals surface area contributed by atoms with Gasteiger partial charge in [0, 0.05) is 18.2 Å². The van der Waals surface area contributed by atoms with E-state index in [1.807, 2.05) is 0 Å². The van der Waals surface area contributed by atoms with Gasteiger partial charge in [0.2, 0.25) is 0 Å². The molecule has 0 aliphatic carbocycles. The molecule has 8 nitrogen and oxygen atoms in total. The van der Waals surface area contributed by atoms with Crippen LogP contribution in [0.25, 0.3) is 10.9 Å². The van der Waals surface area contributed by atoms with Crippen molar-refractivity contribution in [2.75, 3.05) is 25.0 Å². The van der Waals surface area contributed by atoms with Crippen molar-refractivity contribution in [2.45, 2.75) is 38.6 Å². The van der Waals surface area contributed by atoms with Crippen LogP contribution < -0.4 is 10.9 Å². The highest BCUT2D eigenvalue weighted by molar-refractivity contribution is 5.86. The Kier molecular flexibility index (Phi) is 4.71. The summed E-state index contributed by atoms with van der Waals surface area (Å²) in [4.78, 5) is 31.8. The average molecular weight is 345 g/mol. The minimum atomic E-state index is -0.470. The predicted octanol–water partition coefficient (Wildman–Crippen LogP) is 2.51. The Bertz CT molecular complexity index is 840. The molecule has 0 bridgehead atoms. The predicted molar refractivity (Wildman–Crippen MR) is 97.0 cm³/mol. The van der Waals surface area contributed by atoms with Crippen molar-refractivity contribution < 1.29 is 4.92 Å². The van der Waals surface area contributed by atoms with E-state index in [4.69, 9.17) is 0 Å². The number of fused-ring (bicyclic) bond motifs is 1. The van der Waals surface area contributed by atoms with Crippen molar-refractivity contribution in [3.8, 4) is 0 Å². The first-order chi connectivity index (χ1) is 11.9. The molecule has 2 heterocycles. The van der Waals surface area contributed by atoms with Crippen LogP contribution in [0.5, 0.6) is 0 Å². The fourth-order valence-corrected chi connectivity index (χ4v) is 3.32. The maximum atomic E-state index is 11.8. The van der Waals surface area contributed by atoms with E-state index >= 15 is 0 Å². The van der Waals surface area contributed by atoms with Crippen molar-refractivity contribution in [3.63, 3.8) is 0 Å². The average Bonchev–Trinajstić information content (AvgIpc) is 2.60. The zero-order chi connectivity index (χ0) is 18.0. The SMILES string of the molecule is CC(C)(CNc1cc2nc[nH]c(=O)c2cc1[N+](=O)[O-])N1CCCCC1. The molecule has 0 amide bonds. The zero-order valence-corrected chi connectivity index (χ0v) is 14.5. The summed E-state index contributed by atoms with van der Waals surface area (Å²) in [7, 11) is 0. The number of likely N-dealkylation sites (tertiary alicyclic amines) is 1. The Labute approximate surface area is 145 Å². The Morgan fingerprint density at radius 1 is 1.32 bits per heavy atom. The molecule has 1 aromatic carbocycles. The third-order valence-corrected chi connectivity index (χ3v) is 4.88. The maximum absolute atomic E-state index is 11.8. The van der Waals surface area contributed by atoms with Crippen molar-refractivity contribution in [1.82, 2.24) is 14.9 Å². The van der Waals surface area contributed by atoms with Crippen LogP contribution >= 0.6 is 0 Å². The summed E-state index contributed by atoms with van der Waals surface area (Å²) >= 11 is 0. The van der Waals surface area contributed by atoms with Gasteiger partial charge in [-0.15, -0.1) is 0 Å². The molecule has 1 aliphatic rings. The van der Waals surface area contributed by atoms with Gasteiger partial charge in [-0.05, 0) is 45.8 Å². The molecule has 1 aliphatic heterocycles. The van der Waals surface area contributed by atoms with E-state index in [-0.39, 0.29) is 22.2 Å². The molecule has 2 aromatic rings. The minimum Gasteiger partial charge on any atom is -0.378 e. The fraction of sp³-hybridized carbons (Fsp3) is 0.529. The highest BCUT2D eigenvalue weighted by Crippen LogP contribution is 2.29. The number of aromatic nitrogens is 2. The summed E-state index contributed by atoms with van der Waals surface area (Å²) < 4.78 is 0. The van der Waals surface area contributed by atoms with Crippen LogP contribution in [0.15, 0.2) is 23.3 Å². The molecule has 1 aromatic heterocycles. The van der Waals surface area contributed by atoms with E-state index in [1.54, 1.807) is 6.07 Å². The van der Waals surface area contributed by atoms with Gasteiger partial charge in [-0.3, -0.25) is 19.8 Å². The molecule has 1 saturated heterocycles. The van der Waals surface area contributed by atoms with Crippen LogP contribution in [-0.2, 0) is 0 Å². The lowest BCUT2D eigenvalue weighted by atomic mass is 9.98. The number of nitro groups is 1. The lowest BCUT2D eigenvalue weighted by Crippen LogP contribution is -2.50. The quantitative estimate of drug-likeness (QED) is 0.637. The summed E-state index contributed by atoms with van der Waals surface area (Å²) in [5.74, 6) is 0. The second kappa shape index (κ2) is 6.79. The largest absolute Gasteiger partial charge is 0.378 e. The number of nitrogens with zero attached hydrogens (tertiary/aromatic N) is 3. The van der Waals surface area contributed by atoms with E-state index in [2.05, 4.69) is 34.0 Å². The monoisotopic (exact) mass is 345 g/mol. The van der Waals surface area contributed by atoms with E-state index in [1.165, 1.54) is 31.7 Å². The van der Waals surface area contributed by atoms with Gasteiger partial charge in [-0.25, -0.2) is 4.98 Å². The van der Waals surface area contributed by atoms with Crippen LogP contribution in [-0.4, -0.2) is 45.0 Å². The number of hydrogen-bond donors (Lipinski definition) is 2. The number of benzene rings is 1. The van der Waals surface area contributed by atoms with Gasteiger partial charge in [-0.1, -0.05) is 6.42 Å². The highest BCUT2D eigenvalue weighted by Gasteiger charge is 2.28. The van der Waals surface area contributed by atoms with Crippen LogP contribution in [0, 0.1) is 10.1 Å². The summed E-state index contributed by atoms with van der Waals surface area (Å²) in [6.45, 7) is 6.95. The van der Waals surface area contributed by atoms with E-state index in [0.717, 1.165) is 13.1 Å². The molecule has 0 spiro atoms. The number of anilines is 1. The molecule has 0 atom stereocenters. The summed E-state index contributed by atoms with van der Waals surface area (Å²) in [5, 5.41) is 14.9. The lowest BCUT2D eigenvalue weighted by Gasteiger charge is -2.41. The van der Waals surface area contributed by atoms with Crippen molar-refractivity contribution in [1.29, 1.82) is 0 Å². The molecule has 1 fully saturated rings. The van der Waals surface area contributed by atoms with Crippen LogP contribution in [0.1, 0.15) is 33.1 Å². The molecular weight excluding hydrogens is 322 g/mol. The summed E-state index contributed by atoms with van der Waals surface area (Å²) in [5.41, 5.74) is 0.215. The fourth-order valence-electron chi connectivity index (χ4n) is 3.32. The first-order valence-corrected chi connectivity index (χ1v) is 8.53. The van der Waals surface area contributed by atoms with Gasteiger partial charge in [-0.2, -0.15) is 0 Å². The number of nitro benzene ring substituents is 1. The van der Waals surface area contributed by atoms with Crippen molar-refractivity contribution in [3.05, 3.63) is 38.9 Å². The van der Waals surface area contributed by atoms with Gasteiger partial charge in [0.15, 0.2) is 0 Å². The maximum Gasteiger partial charge on any atom is 0.293 e. The number of piperidine rings is 1. The summed E-state index contributed by atoms with van der Waals surface area (Å²) in [6.07, 6.45) is 4.94.